The monoisotopic (exact) mass is 200 g/mol. The van der Waals surface area contributed by atoms with Crippen LogP contribution in [0.1, 0.15) is 0 Å². The Kier molecular flexibility index (Phi) is 2.02. The molecule has 1 N–H and O–H groups in total. The molecule has 0 amide bonds. The second-order valence-corrected chi connectivity index (χ2v) is 4.57. The molecule has 0 aromatic heterocycles. The fourth-order valence-electron chi connectivity index (χ4n) is 0.662. The molecular weight excluding hydrogens is 196 g/mol. The Hall–Kier alpha value is -0.0700. The molecule has 58 valence electrons. The maximum atomic E-state index is 10.6. The van der Waals surface area contributed by atoms with Crippen LogP contribution in [0.3, 0.4) is 0 Å². The largest absolute Gasteiger partial charge is 0.360 e. The van der Waals surface area contributed by atoms with Crippen LogP contribution in [0.4, 0.5) is 0 Å². The molecule has 4 nitrogen and oxygen atoms in total. The number of hydrogen-bond donors (Lipinski definition) is 1. The van der Waals surface area contributed by atoms with E-state index in [1.165, 1.54) is 0 Å². The highest BCUT2D eigenvalue weighted by molar-refractivity contribution is 8.12. The molecule has 0 radical (unpaired) electrons. The van der Waals surface area contributed by atoms with Crippen LogP contribution in [0.5, 0.6) is 0 Å². The maximum absolute atomic E-state index is 10.6. The van der Waals surface area contributed by atoms with Crippen LogP contribution in [-0.2, 0) is 9.24 Å². The first kappa shape index (κ1) is 8.03. The van der Waals surface area contributed by atoms with Crippen LogP contribution in [-0.4, -0.2) is 30.9 Å². The van der Waals surface area contributed by atoms with Gasteiger partial charge in [0.1, 0.15) is 0 Å². The van der Waals surface area contributed by atoms with Crippen molar-refractivity contribution in [2.75, 3.05) is 13.1 Å². The third-order valence-corrected chi connectivity index (χ3v) is 2.95. The number of thiocarbonyl (C=S) groups is 1. The lowest BCUT2D eigenvalue weighted by molar-refractivity contribution is 0.558. The van der Waals surface area contributed by atoms with Gasteiger partial charge in [0.2, 0.25) is 0 Å². The molecule has 10 heavy (non-hydrogen) atoms. The fourth-order valence-corrected chi connectivity index (χ4v) is 2.26. The van der Waals surface area contributed by atoms with Crippen LogP contribution in [0.2, 0.25) is 0 Å². The van der Waals surface area contributed by atoms with Crippen LogP contribution < -0.4 is 5.32 Å². The smallest absolute Gasteiger partial charge is 0.323 e. The van der Waals surface area contributed by atoms with E-state index < -0.39 is 9.24 Å². The topological polar surface area (TPSA) is 49.4 Å². The van der Waals surface area contributed by atoms with E-state index in [1.54, 1.807) is 0 Å². The standard InChI is InChI=1S/C3H5ClN2O2S2/c4-10(7,8)6-2-1-5-3(6)9/h1-2H2,(H,5,9). The van der Waals surface area contributed by atoms with Crippen LogP contribution in [0.15, 0.2) is 0 Å². The highest BCUT2D eigenvalue weighted by Crippen LogP contribution is 2.09. The lowest BCUT2D eigenvalue weighted by Crippen LogP contribution is -2.30. The van der Waals surface area contributed by atoms with Gasteiger partial charge in [-0.05, 0) is 12.2 Å². The molecule has 0 bridgehead atoms. The van der Waals surface area contributed by atoms with Crippen LogP contribution >= 0.6 is 22.9 Å². The number of hydrogen-bond acceptors (Lipinski definition) is 3. The Balaban J connectivity index is 2.84. The predicted octanol–water partition coefficient (Wildman–Crippen LogP) is -0.340. The minimum Gasteiger partial charge on any atom is -0.360 e. The van der Waals surface area contributed by atoms with Crippen molar-refractivity contribution in [1.82, 2.24) is 9.62 Å². The second-order valence-electron chi connectivity index (χ2n) is 1.75. The lowest BCUT2D eigenvalue weighted by atomic mass is 10.7. The van der Waals surface area contributed by atoms with Gasteiger partial charge in [0.15, 0.2) is 5.11 Å². The van der Waals surface area contributed by atoms with Crippen molar-refractivity contribution in [3.63, 3.8) is 0 Å². The minimum atomic E-state index is -3.65. The van der Waals surface area contributed by atoms with Crippen molar-refractivity contribution < 1.29 is 8.42 Å². The van der Waals surface area contributed by atoms with Crippen LogP contribution in [0, 0.1) is 0 Å². The van der Waals surface area contributed by atoms with E-state index in [2.05, 4.69) is 17.5 Å². The van der Waals surface area contributed by atoms with Crippen LogP contribution in [0.25, 0.3) is 0 Å². The molecular formula is C3H5ClN2O2S2. The first-order valence-corrected chi connectivity index (χ1v) is 5.19. The van der Waals surface area contributed by atoms with Crippen molar-refractivity contribution in [2.24, 2.45) is 0 Å². The summed E-state index contributed by atoms with van der Waals surface area (Å²) < 4.78 is 22.2. The van der Waals surface area contributed by atoms with Crippen molar-refractivity contribution in [3.8, 4) is 0 Å². The summed E-state index contributed by atoms with van der Waals surface area (Å²) in [6.45, 7) is 0.857. The summed E-state index contributed by atoms with van der Waals surface area (Å²) in [5.74, 6) is 0. The zero-order chi connectivity index (χ0) is 7.78. The summed E-state index contributed by atoms with van der Waals surface area (Å²) in [6, 6.07) is 0. The quantitative estimate of drug-likeness (QED) is 0.465. The second kappa shape index (κ2) is 2.52. The van der Waals surface area contributed by atoms with Gasteiger partial charge in [0.05, 0.1) is 6.54 Å². The first-order chi connectivity index (χ1) is 4.52. The molecule has 1 heterocycles. The van der Waals surface area contributed by atoms with E-state index in [-0.39, 0.29) is 5.11 Å². The number of nitrogens with zero attached hydrogens (tertiary/aromatic N) is 1. The zero-order valence-electron chi connectivity index (χ0n) is 4.87. The molecule has 0 saturated carbocycles. The molecule has 0 unspecified atom stereocenters. The summed E-state index contributed by atoms with van der Waals surface area (Å²) in [5, 5.41) is 2.85. The van der Waals surface area contributed by atoms with Gasteiger partial charge in [-0.3, -0.25) is 0 Å². The lowest BCUT2D eigenvalue weighted by Gasteiger charge is -2.09. The number of rotatable bonds is 1. The molecule has 1 saturated heterocycles. The van der Waals surface area contributed by atoms with E-state index >= 15 is 0 Å². The van der Waals surface area contributed by atoms with Gasteiger partial charge in [0, 0.05) is 17.2 Å². The molecule has 1 aliphatic heterocycles. The predicted molar refractivity (Wildman–Crippen MR) is 42.1 cm³/mol. The summed E-state index contributed by atoms with van der Waals surface area (Å²) in [4.78, 5) is 0. The van der Waals surface area contributed by atoms with Crippen molar-refractivity contribution in [2.45, 2.75) is 0 Å². The van der Waals surface area contributed by atoms with Gasteiger partial charge in [-0.1, -0.05) is 0 Å². The van der Waals surface area contributed by atoms with Crippen molar-refractivity contribution in [1.29, 1.82) is 0 Å². The summed E-state index contributed by atoms with van der Waals surface area (Å²) >= 11 is 4.64. The van der Waals surface area contributed by atoms with E-state index in [1.807, 2.05) is 0 Å². The summed E-state index contributed by atoms with van der Waals surface area (Å²) in [6.07, 6.45) is 0. The van der Waals surface area contributed by atoms with Crippen molar-refractivity contribution in [3.05, 3.63) is 0 Å². The Labute approximate surface area is 68.7 Å². The molecule has 7 heteroatoms. The molecule has 0 atom stereocenters. The highest BCUT2D eigenvalue weighted by Gasteiger charge is 2.25. The molecule has 0 aromatic rings. The van der Waals surface area contributed by atoms with Gasteiger partial charge < -0.3 is 5.32 Å². The third-order valence-electron chi connectivity index (χ3n) is 1.08. The van der Waals surface area contributed by atoms with Gasteiger partial charge in [-0.2, -0.15) is 8.42 Å². The SMILES string of the molecule is O=S(=O)(Cl)N1CCNC1=S. The Morgan fingerprint density at radius 2 is 2.30 bits per heavy atom. The highest BCUT2D eigenvalue weighted by atomic mass is 35.7. The average Bonchev–Trinajstić information content (AvgIpc) is 2.11. The van der Waals surface area contributed by atoms with Crippen molar-refractivity contribution >= 4 is 37.2 Å². The summed E-state index contributed by atoms with van der Waals surface area (Å²) in [5.41, 5.74) is 0. The zero-order valence-corrected chi connectivity index (χ0v) is 7.26. The first-order valence-electron chi connectivity index (χ1n) is 2.52. The molecule has 1 fully saturated rings. The number of nitrogens with one attached hydrogen (secondary N) is 1. The third kappa shape index (κ3) is 1.50. The average molecular weight is 201 g/mol. The van der Waals surface area contributed by atoms with Gasteiger partial charge >= 0.3 is 9.24 Å². The van der Waals surface area contributed by atoms with Gasteiger partial charge in [-0.15, -0.1) is 0 Å². The molecule has 0 aliphatic carbocycles. The normalized spacial score (nSPS) is 19.3. The Morgan fingerprint density at radius 1 is 1.70 bits per heavy atom. The fraction of sp³-hybridized carbons (Fsp3) is 0.667. The molecule has 0 aromatic carbocycles. The summed E-state index contributed by atoms with van der Waals surface area (Å²) in [7, 11) is 1.36. The maximum Gasteiger partial charge on any atom is 0.323 e. The van der Waals surface area contributed by atoms with E-state index in [9.17, 15) is 8.42 Å². The van der Waals surface area contributed by atoms with Gasteiger partial charge in [0.25, 0.3) is 0 Å². The number of halogens is 1. The van der Waals surface area contributed by atoms with E-state index in [0.29, 0.717) is 13.1 Å². The van der Waals surface area contributed by atoms with E-state index in [0.717, 1.165) is 4.31 Å². The molecule has 1 rings (SSSR count). The Bertz CT molecular complexity index is 249. The van der Waals surface area contributed by atoms with Gasteiger partial charge in [-0.25, -0.2) is 4.31 Å². The Morgan fingerprint density at radius 3 is 2.50 bits per heavy atom. The molecule has 0 spiro atoms. The molecule has 1 aliphatic rings. The minimum absolute atomic E-state index is 0.176. The van der Waals surface area contributed by atoms with E-state index in [4.69, 9.17) is 10.7 Å².